The average molecular weight is 379 g/mol. The summed E-state index contributed by atoms with van der Waals surface area (Å²) in [5.74, 6) is 0.553. The van der Waals surface area contributed by atoms with Gasteiger partial charge in [-0.2, -0.15) is 0 Å². The van der Waals surface area contributed by atoms with Crippen LogP contribution in [0, 0.1) is 0 Å². The highest BCUT2D eigenvalue weighted by atomic mass is 35.5. The van der Waals surface area contributed by atoms with Crippen molar-refractivity contribution in [3.05, 3.63) is 52.5 Å². The molecule has 0 bridgehead atoms. The molecule has 0 saturated heterocycles. The third-order valence-corrected chi connectivity index (χ3v) is 3.88. The molecule has 0 heterocycles. The lowest BCUT2D eigenvalue weighted by Crippen LogP contribution is -2.16. The lowest BCUT2D eigenvalue weighted by Gasteiger charge is -2.10. The molecule has 138 valence electrons. The summed E-state index contributed by atoms with van der Waals surface area (Å²) in [7, 11) is 4.48. The topological polar surface area (TPSA) is 71.1 Å². The first-order chi connectivity index (χ1) is 12.5. The summed E-state index contributed by atoms with van der Waals surface area (Å²) in [5.41, 5.74) is 0.944. The van der Waals surface area contributed by atoms with Gasteiger partial charge in [0.15, 0.2) is 23.9 Å². The SMILES string of the molecule is COc1ccc(Cl)cc1CC(=O)OCC(=O)c1ccc(OC)c(OC)c1. The molecule has 6 nitrogen and oxygen atoms in total. The molecule has 0 spiro atoms. The number of rotatable bonds is 8. The number of ketones is 1. The van der Waals surface area contributed by atoms with E-state index < -0.39 is 5.97 Å². The normalized spacial score (nSPS) is 10.2. The summed E-state index contributed by atoms with van der Waals surface area (Å²) >= 11 is 5.93. The quantitative estimate of drug-likeness (QED) is 0.518. The molecule has 0 unspecified atom stereocenters. The second-order valence-electron chi connectivity index (χ2n) is 5.29. The predicted octanol–water partition coefficient (Wildman–Crippen LogP) is 3.33. The molecule has 0 saturated carbocycles. The largest absolute Gasteiger partial charge is 0.496 e. The van der Waals surface area contributed by atoms with Crippen molar-refractivity contribution in [1.29, 1.82) is 0 Å². The molecule has 0 aromatic heterocycles. The van der Waals surface area contributed by atoms with E-state index in [-0.39, 0.29) is 18.8 Å². The molecule has 2 aromatic carbocycles. The first kappa shape index (κ1) is 19.6. The third kappa shape index (κ3) is 4.89. The number of methoxy groups -OCH3 is 3. The van der Waals surface area contributed by atoms with Crippen LogP contribution in [0.15, 0.2) is 36.4 Å². The minimum absolute atomic E-state index is 0.0526. The summed E-state index contributed by atoms with van der Waals surface area (Å²) in [6.45, 7) is -0.378. The van der Waals surface area contributed by atoms with E-state index >= 15 is 0 Å². The smallest absolute Gasteiger partial charge is 0.310 e. The van der Waals surface area contributed by atoms with Crippen LogP contribution in [-0.4, -0.2) is 39.7 Å². The van der Waals surface area contributed by atoms with Gasteiger partial charge in [0, 0.05) is 16.1 Å². The van der Waals surface area contributed by atoms with Crippen LogP contribution >= 0.6 is 11.6 Å². The highest BCUT2D eigenvalue weighted by molar-refractivity contribution is 6.30. The summed E-state index contributed by atoms with van der Waals surface area (Å²) in [6, 6.07) is 9.69. The maximum atomic E-state index is 12.2. The molecule has 7 heteroatoms. The number of esters is 1. The first-order valence-electron chi connectivity index (χ1n) is 7.71. The molecule has 0 atom stereocenters. The Morgan fingerprint density at radius 1 is 0.885 bits per heavy atom. The first-order valence-corrected chi connectivity index (χ1v) is 8.09. The molecule has 26 heavy (non-hydrogen) atoms. The van der Waals surface area contributed by atoms with E-state index in [1.165, 1.54) is 27.4 Å². The van der Waals surface area contributed by atoms with E-state index in [0.29, 0.717) is 33.4 Å². The van der Waals surface area contributed by atoms with Crippen molar-refractivity contribution in [2.45, 2.75) is 6.42 Å². The molecule has 0 radical (unpaired) electrons. The van der Waals surface area contributed by atoms with Crippen LogP contribution in [0.3, 0.4) is 0 Å². The average Bonchev–Trinajstić information content (AvgIpc) is 2.65. The van der Waals surface area contributed by atoms with Crippen LogP contribution < -0.4 is 14.2 Å². The molecular weight excluding hydrogens is 360 g/mol. The number of hydrogen-bond acceptors (Lipinski definition) is 6. The highest BCUT2D eigenvalue weighted by Gasteiger charge is 2.15. The number of carbonyl (C=O) groups excluding carboxylic acids is 2. The molecule has 2 aromatic rings. The van der Waals surface area contributed by atoms with Gasteiger partial charge in [0.2, 0.25) is 0 Å². The van der Waals surface area contributed by atoms with Crippen LogP contribution in [0.2, 0.25) is 5.02 Å². The minimum atomic E-state index is -0.556. The van der Waals surface area contributed by atoms with Gasteiger partial charge >= 0.3 is 5.97 Å². The number of hydrogen-bond donors (Lipinski definition) is 0. The van der Waals surface area contributed by atoms with Gasteiger partial charge in [0.1, 0.15) is 5.75 Å². The van der Waals surface area contributed by atoms with E-state index in [0.717, 1.165) is 0 Å². The van der Waals surface area contributed by atoms with Gasteiger partial charge in [-0.05, 0) is 36.4 Å². The zero-order chi connectivity index (χ0) is 19.1. The molecule has 0 aliphatic rings. The van der Waals surface area contributed by atoms with E-state index in [2.05, 4.69) is 0 Å². The standard InChI is InChI=1S/C19H19ClO6/c1-23-16-7-5-14(20)8-13(16)10-19(22)26-11-15(21)12-4-6-17(24-2)18(9-12)25-3/h4-9H,10-11H2,1-3H3. The number of benzene rings is 2. The Morgan fingerprint density at radius 3 is 2.19 bits per heavy atom. The lowest BCUT2D eigenvalue weighted by molar-refractivity contribution is -0.141. The maximum absolute atomic E-state index is 12.2. The van der Waals surface area contributed by atoms with Crippen LogP contribution in [0.5, 0.6) is 17.2 Å². The van der Waals surface area contributed by atoms with Crippen molar-refractivity contribution < 1.29 is 28.5 Å². The van der Waals surface area contributed by atoms with Crippen molar-refractivity contribution in [2.75, 3.05) is 27.9 Å². The summed E-state index contributed by atoms with van der Waals surface area (Å²) < 4.78 is 20.5. The van der Waals surface area contributed by atoms with Gasteiger partial charge in [-0.15, -0.1) is 0 Å². The Morgan fingerprint density at radius 2 is 1.54 bits per heavy atom. The Hall–Kier alpha value is -2.73. The zero-order valence-corrected chi connectivity index (χ0v) is 15.5. The molecule has 0 aliphatic carbocycles. The number of ether oxygens (including phenoxy) is 4. The van der Waals surface area contributed by atoms with E-state index in [4.69, 9.17) is 30.5 Å². The lowest BCUT2D eigenvalue weighted by atomic mass is 10.1. The fourth-order valence-corrected chi connectivity index (χ4v) is 2.53. The van der Waals surface area contributed by atoms with E-state index in [9.17, 15) is 9.59 Å². The van der Waals surface area contributed by atoms with Gasteiger partial charge in [0.05, 0.1) is 27.8 Å². The Kier molecular flexibility index (Phi) is 6.86. The van der Waals surface area contributed by atoms with Crippen molar-refractivity contribution in [3.63, 3.8) is 0 Å². The molecule has 0 fully saturated rings. The number of halogens is 1. The number of Topliss-reactive ketones (excluding diaryl/α,β-unsaturated/α-hetero) is 1. The van der Waals surface area contributed by atoms with E-state index in [1.807, 2.05) is 0 Å². The highest BCUT2D eigenvalue weighted by Crippen LogP contribution is 2.28. The van der Waals surface area contributed by atoms with Gasteiger partial charge in [-0.3, -0.25) is 9.59 Å². The summed E-state index contributed by atoms with van der Waals surface area (Å²) in [5, 5.41) is 0.481. The molecule has 0 aliphatic heterocycles. The van der Waals surface area contributed by atoms with Crippen molar-refractivity contribution in [2.24, 2.45) is 0 Å². The van der Waals surface area contributed by atoms with Crippen LogP contribution in [0.4, 0.5) is 0 Å². The van der Waals surface area contributed by atoms with Gasteiger partial charge < -0.3 is 18.9 Å². The van der Waals surface area contributed by atoms with Crippen LogP contribution in [0.1, 0.15) is 15.9 Å². The zero-order valence-electron chi connectivity index (χ0n) is 14.7. The van der Waals surface area contributed by atoms with Crippen LogP contribution in [0.25, 0.3) is 0 Å². The summed E-state index contributed by atoms with van der Waals surface area (Å²) in [6.07, 6.45) is -0.0526. The predicted molar refractivity (Wildman–Crippen MR) is 96.5 cm³/mol. The van der Waals surface area contributed by atoms with Crippen molar-refractivity contribution >= 4 is 23.4 Å². The fourth-order valence-electron chi connectivity index (χ4n) is 2.33. The second-order valence-corrected chi connectivity index (χ2v) is 5.72. The van der Waals surface area contributed by atoms with E-state index in [1.54, 1.807) is 30.3 Å². The minimum Gasteiger partial charge on any atom is -0.496 e. The van der Waals surface area contributed by atoms with Crippen LogP contribution in [-0.2, 0) is 16.0 Å². The molecule has 0 N–H and O–H groups in total. The van der Waals surface area contributed by atoms with Crippen molar-refractivity contribution in [1.82, 2.24) is 0 Å². The van der Waals surface area contributed by atoms with Crippen molar-refractivity contribution in [3.8, 4) is 17.2 Å². The Bertz CT molecular complexity index is 803. The maximum Gasteiger partial charge on any atom is 0.310 e. The van der Waals surface area contributed by atoms with Gasteiger partial charge in [0.25, 0.3) is 0 Å². The van der Waals surface area contributed by atoms with Gasteiger partial charge in [-0.1, -0.05) is 11.6 Å². The molecular formula is C19H19ClO6. The fraction of sp³-hybridized carbons (Fsp3) is 0.263. The Labute approximate surface area is 156 Å². The second kappa shape index (κ2) is 9.10. The van der Waals surface area contributed by atoms with Gasteiger partial charge in [-0.25, -0.2) is 0 Å². The number of carbonyl (C=O) groups is 2. The monoisotopic (exact) mass is 378 g/mol. The molecule has 0 amide bonds. The summed E-state index contributed by atoms with van der Waals surface area (Å²) in [4.78, 5) is 24.3. The molecule has 2 rings (SSSR count). The third-order valence-electron chi connectivity index (χ3n) is 3.65. The Balaban J connectivity index is 1.99.